The molecule has 2 saturated heterocycles. The Morgan fingerprint density at radius 2 is 2.24 bits per heavy atom. The third kappa shape index (κ3) is 3.96. The van der Waals surface area contributed by atoms with Gasteiger partial charge in [0, 0.05) is 25.3 Å². The molecule has 1 aromatic heterocycles. The van der Waals surface area contributed by atoms with Crippen LogP contribution in [0.15, 0.2) is 27.7 Å². The molecule has 1 atom stereocenters. The lowest BCUT2D eigenvalue weighted by Crippen LogP contribution is -2.49. The van der Waals surface area contributed by atoms with E-state index >= 15 is 0 Å². The zero-order chi connectivity index (χ0) is 17.8. The number of imide groups is 1. The fraction of sp³-hybridized carbons (Fsp3) is 0.471. The van der Waals surface area contributed by atoms with E-state index < -0.39 is 11.1 Å². The molecule has 1 aromatic rings. The molecular weight excluding hydrogens is 344 g/mol. The van der Waals surface area contributed by atoms with Gasteiger partial charge in [-0.15, -0.1) is 0 Å². The number of nitrogens with zero attached hydrogens (tertiary/aromatic N) is 2. The van der Waals surface area contributed by atoms with Crippen molar-refractivity contribution in [2.75, 3.05) is 19.7 Å². The summed E-state index contributed by atoms with van der Waals surface area (Å²) in [6, 6.07) is 3.36. The Morgan fingerprint density at radius 3 is 2.96 bits per heavy atom. The normalized spacial score (nSPS) is 22.9. The lowest BCUT2D eigenvalue weighted by molar-refractivity contribution is -0.139. The van der Waals surface area contributed by atoms with Gasteiger partial charge in [-0.1, -0.05) is 0 Å². The van der Waals surface area contributed by atoms with Crippen LogP contribution in [-0.4, -0.2) is 57.7 Å². The van der Waals surface area contributed by atoms with Crippen molar-refractivity contribution in [1.82, 2.24) is 9.80 Å². The van der Waals surface area contributed by atoms with Gasteiger partial charge in [-0.3, -0.25) is 19.3 Å². The molecule has 2 aliphatic heterocycles. The number of carbonyl (C=O) groups excluding carboxylic acids is 3. The fourth-order valence-electron chi connectivity index (χ4n) is 3.14. The summed E-state index contributed by atoms with van der Waals surface area (Å²) >= 11 is 0.808. The molecule has 8 heteroatoms. The first kappa shape index (κ1) is 17.8. The summed E-state index contributed by atoms with van der Waals surface area (Å²) in [7, 11) is 0. The maximum absolute atomic E-state index is 12.6. The number of carbonyl (C=O) groups is 3. The van der Waals surface area contributed by atoms with Gasteiger partial charge in [-0.05, 0) is 49.6 Å². The lowest BCUT2D eigenvalue weighted by Gasteiger charge is -2.36. The highest BCUT2D eigenvalue weighted by atomic mass is 32.2. The molecule has 0 aromatic carbocycles. The number of hydrogen-bond acceptors (Lipinski definition) is 6. The van der Waals surface area contributed by atoms with Crippen LogP contribution in [0.2, 0.25) is 0 Å². The molecule has 3 amide bonds. The maximum atomic E-state index is 12.6. The number of furan rings is 1. The highest BCUT2D eigenvalue weighted by Gasteiger charge is 2.38. The second-order valence-corrected chi connectivity index (χ2v) is 7.03. The number of rotatable bonds is 5. The molecule has 0 aliphatic carbocycles. The largest absolute Gasteiger partial charge is 0.465 e. The Balaban J connectivity index is 1.68. The first-order chi connectivity index (χ1) is 12.1. The SMILES string of the molecule is O=C1S/C(=C\c2ccco2)C(=O)N1CC(=O)N1CCCC[C@@H]1CCO. The Kier molecular flexibility index (Phi) is 5.60. The predicted octanol–water partition coefficient (Wildman–Crippen LogP) is 2.08. The van der Waals surface area contributed by atoms with E-state index in [1.807, 2.05) is 0 Å². The average Bonchev–Trinajstić information content (AvgIpc) is 3.20. The number of piperidine rings is 1. The summed E-state index contributed by atoms with van der Waals surface area (Å²) in [4.78, 5) is 40.1. The van der Waals surface area contributed by atoms with Crippen LogP contribution in [-0.2, 0) is 9.59 Å². The van der Waals surface area contributed by atoms with E-state index in [1.54, 1.807) is 17.0 Å². The Hall–Kier alpha value is -2.06. The number of hydrogen-bond donors (Lipinski definition) is 1. The first-order valence-electron chi connectivity index (χ1n) is 8.29. The van der Waals surface area contributed by atoms with E-state index in [0.29, 0.717) is 18.7 Å². The van der Waals surface area contributed by atoms with E-state index in [1.165, 1.54) is 12.3 Å². The summed E-state index contributed by atoms with van der Waals surface area (Å²) in [6.07, 6.45) is 6.26. The number of likely N-dealkylation sites (tertiary alicyclic amines) is 1. The minimum Gasteiger partial charge on any atom is -0.465 e. The van der Waals surface area contributed by atoms with Crippen LogP contribution in [0.5, 0.6) is 0 Å². The number of aliphatic hydroxyl groups excluding tert-OH is 1. The predicted molar refractivity (Wildman–Crippen MR) is 92.4 cm³/mol. The second kappa shape index (κ2) is 7.88. The highest BCUT2D eigenvalue weighted by molar-refractivity contribution is 8.18. The van der Waals surface area contributed by atoms with Gasteiger partial charge < -0.3 is 14.4 Å². The lowest BCUT2D eigenvalue weighted by atomic mass is 9.99. The van der Waals surface area contributed by atoms with Crippen molar-refractivity contribution >= 4 is 34.9 Å². The van der Waals surface area contributed by atoms with Gasteiger partial charge in [0.05, 0.1) is 11.2 Å². The fourth-order valence-corrected chi connectivity index (χ4v) is 3.96. The first-order valence-corrected chi connectivity index (χ1v) is 9.11. The molecule has 0 unspecified atom stereocenters. The van der Waals surface area contributed by atoms with Crippen molar-refractivity contribution in [2.24, 2.45) is 0 Å². The van der Waals surface area contributed by atoms with Crippen molar-refractivity contribution in [3.8, 4) is 0 Å². The summed E-state index contributed by atoms with van der Waals surface area (Å²) in [5.41, 5.74) is 0. The van der Waals surface area contributed by atoms with Gasteiger partial charge in [0.1, 0.15) is 12.3 Å². The number of aliphatic hydroxyl groups is 1. The molecule has 3 rings (SSSR count). The third-order valence-electron chi connectivity index (χ3n) is 4.39. The summed E-state index contributed by atoms with van der Waals surface area (Å²) in [6.45, 7) is 0.353. The Labute approximate surface area is 149 Å². The minimum atomic E-state index is -0.476. The molecule has 25 heavy (non-hydrogen) atoms. The van der Waals surface area contributed by atoms with Crippen molar-refractivity contribution < 1.29 is 23.9 Å². The summed E-state index contributed by atoms with van der Waals surface area (Å²) < 4.78 is 5.16. The van der Waals surface area contributed by atoms with E-state index in [2.05, 4.69) is 0 Å². The van der Waals surface area contributed by atoms with Gasteiger partial charge in [0.15, 0.2) is 0 Å². The van der Waals surface area contributed by atoms with Crippen LogP contribution in [0.25, 0.3) is 6.08 Å². The number of amides is 3. The molecule has 3 heterocycles. The Morgan fingerprint density at radius 1 is 1.40 bits per heavy atom. The van der Waals surface area contributed by atoms with Crippen molar-refractivity contribution in [3.05, 3.63) is 29.1 Å². The van der Waals surface area contributed by atoms with Crippen molar-refractivity contribution in [3.63, 3.8) is 0 Å². The van der Waals surface area contributed by atoms with E-state index in [0.717, 1.165) is 35.9 Å². The van der Waals surface area contributed by atoms with Gasteiger partial charge in [0.2, 0.25) is 5.91 Å². The molecule has 0 spiro atoms. The molecule has 2 aliphatic rings. The average molecular weight is 364 g/mol. The number of thioether (sulfide) groups is 1. The van der Waals surface area contributed by atoms with Crippen LogP contribution >= 0.6 is 11.8 Å². The molecular formula is C17H20N2O5S. The van der Waals surface area contributed by atoms with Crippen LogP contribution in [0.1, 0.15) is 31.4 Å². The quantitative estimate of drug-likeness (QED) is 0.805. The van der Waals surface area contributed by atoms with Crippen LogP contribution in [0, 0.1) is 0 Å². The van der Waals surface area contributed by atoms with Crippen LogP contribution in [0.3, 0.4) is 0 Å². The summed E-state index contributed by atoms with van der Waals surface area (Å²) in [5, 5.41) is 8.72. The monoisotopic (exact) mass is 364 g/mol. The summed E-state index contributed by atoms with van der Waals surface area (Å²) in [5.74, 6) is -0.244. The van der Waals surface area contributed by atoms with Crippen LogP contribution in [0.4, 0.5) is 4.79 Å². The minimum absolute atomic E-state index is 0.0158. The molecule has 2 fully saturated rings. The molecule has 7 nitrogen and oxygen atoms in total. The zero-order valence-corrected chi connectivity index (χ0v) is 14.5. The molecule has 1 N–H and O–H groups in total. The van der Waals surface area contributed by atoms with Gasteiger partial charge in [0.25, 0.3) is 11.1 Å². The van der Waals surface area contributed by atoms with Crippen molar-refractivity contribution in [1.29, 1.82) is 0 Å². The van der Waals surface area contributed by atoms with Gasteiger partial charge in [-0.25, -0.2) is 0 Å². The van der Waals surface area contributed by atoms with Crippen LogP contribution < -0.4 is 0 Å². The third-order valence-corrected chi connectivity index (χ3v) is 5.30. The topological polar surface area (TPSA) is 91.1 Å². The Bertz CT molecular complexity index is 683. The van der Waals surface area contributed by atoms with Gasteiger partial charge >= 0.3 is 0 Å². The van der Waals surface area contributed by atoms with E-state index in [9.17, 15) is 14.4 Å². The molecule has 0 radical (unpaired) electrons. The zero-order valence-electron chi connectivity index (χ0n) is 13.7. The standard InChI is InChI=1S/C17H20N2O5S/c20-8-6-12-4-1-2-7-18(12)15(21)11-19-16(22)14(25-17(19)23)10-13-5-3-9-24-13/h3,5,9-10,12,20H,1-2,4,6-8,11H2/b14-10-/t12-/m1/s1. The smallest absolute Gasteiger partial charge is 0.294 e. The van der Waals surface area contributed by atoms with Crippen molar-refractivity contribution in [2.45, 2.75) is 31.7 Å². The molecule has 134 valence electrons. The second-order valence-electron chi connectivity index (χ2n) is 6.03. The molecule has 0 saturated carbocycles. The van der Waals surface area contributed by atoms with Gasteiger partial charge in [-0.2, -0.15) is 0 Å². The molecule has 0 bridgehead atoms. The van der Waals surface area contributed by atoms with E-state index in [4.69, 9.17) is 9.52 Å². The van der Waals surface area contributed by atoms with E-state index in [-0.39, 0.29) is 30.0 Å². The maximum Gasteiger partial charge on any atom is 0.294 e. The highest BCUT2D eigenvalue weighted by Crippen LogP contribution is 2.32.